The summed E-state index contributed by atoms with van der Waals surface area (Å²) in [7, 11) is -3.76. The number of carbonyl (C=O) groups excluding carboxylic acids is 1. The molecule has 7 heteroatoms. The molecule has 2 aliphatic rings. The van der Waals surface area contributed by atoms with E-state index in [9.17, 15) is 13.2 Å². The molecule has 2 aromatic carbocycles. The molecule has 0 aromatic heterocycles. The number of rotatable bonds is 5. The first-order valence-corrected chi connectivity index (χ1v) is 10.5. The van der Waals surface area contributed by atoms with Crippen molar-refractivity contribution in [1.29, 1.82) is 0 Å². The summed E-state index contributed by atoms with van der Waals surface area (Å²) in [6.45, 7) is 4.75. The third kappa shape index (κ3) is 2.77. The molecule has 0 spiro atoms. The molecule has 0 bridgehead atoms. The summed E-state index contributed by atoms with van der Waals surface area (Å²) < 4.78 is 31.7. The molecule has 1 heterocycles. The van der Waals surface area contributed by atoms with Gasteiger partial charge in [-0.05, 0) is 56.7 Å². The van der Waals surface area contributed by atoms with Crippen LogP contribution in [0.15, 0.2) is 48.5 Å². The van der Waals surface area contributed by atoms with E-state index in [0.717, 1.165) is 5.56 Å². The number of ether oxygens (including phenoxy) is 1. The molecule has 1 saturated heterocycles. The van der Waals surface area contributed by atoms with E-state index in [1.807, 2.05) is 26.0 Å². The molecule has 0 radical (unpaired) electrons. The molecular weight excluding hydrogens is 364 g/mol. The first kappa shape index (κ1) is 17.9. The van der Waals surface area contributed by atoms with Crippen molar-refractivity contribution in [2.75, 3.05) is 22.8 Å². The van der Waals surface area contributed by atoms with E-state index < -0.39 is 20.7 Å². The number of amides is 1. The van der Waals surface area contributed by atoms with Crippen LogP contribution in [0.3, 0.4) is 0 Å². The van der Waals surface area contributed by atoms with Crippen molar-refractivity contribution in [1.82, 2.24) is 0 Å². The van der Waals surface area contributed by atoms with Gasteiger partial charge in [0.1, 0.15) is 5.75 Å². The number of hydrogen-bond donors (Lipinski definition) is 1. The van der Waals surface area contributed by atoms with Crippen LogP contribution in [0.1, 0.15) is 18.9 Å². The second-order valence-corrected chi connectivity index (χ2v) is 9.19. The Morgan fingerprint density at radius 1 is 1.19 bits per heavy atom. The number of anilines is 2. The van der Waals surface area contributed by atoms with Crippen LogP contribution in [0.2, 0.25) is 0 Å². The SMILES string of the molecule is CCOc1ccc(NC(=O)[C@@]23C[C@@H]2CN(c2ccc(C)cc2)S3(=O)=O)cc1. The van der Waals surface area contributed by atoms with Gasteiger partial charge in [0.25, 0.3) is 0 Å². The molecule has 1 N–H and O–H groups in total. The van der Waals surface area contributed by atoms with Crippen molar-refractivity contribution >= 4 is 27.3 Å². The zero-order valence-corrected chi connectivity index (χ0v) is 16.1. The average molecular weight is 386 g/mol. The Kier molecular flexibility index (Phi) is 4.14. The van der Waals surface area contributed by atoms with E-state index in [-0.39, 0.29) is 5.92 Å². The van der Waals surface area contributed by atoms with E-state index in [2.05, 4.69) is 5.32 Å². The van der Waals surface area contributed by atoms with E-state index in [4.69, 9.17) is 4.74 Å². The largest absolute Gasteiger partial charge is 0.494 e. The van der Waals surface area contributed by atoms with Gasteiger partial charge in [0.05, 0.1) is 12.3 Å². The third-order valence-corrected chi connectivity index (χ3v) is 7.86. The standard InChI is InChI=1S/C20H22N2O4S/c1-3-26-18-10-6-16(7-11-18)21-19(23)20-12-15(20)13-22(27(20,24)25)17-8-4-14(2)5-9-17/h4-11,15H,3,12-13H2,1-2H3,(H,21,23)/t15-,20-/m1/s1. The molecule has 142 valence electrons. The second-order valence-electron chi connectivity index (χ2n) is 7.07. The average Bonchev–Trinajstić information content (AvgIpc) is 3.33. The van der Waals surface area contributed by atoms with Gasteiger partial charge in [-0.1, -0.05) is 17.7 Å². The smallest absolute Gasteiger partial charge is 0.250 e. The highest BCUT2D eigenvalue weighted by molar-refractivity contribution is 7.95. The van der Waals surface area contributed by atoms with Crippen LogP contribution in [-0.2, 0) is 14.8 Å². The molecule has 1 aliphatic heterocycles. The molecule has 27 heavy (non-hydrogen) atoms. The highest BCUT2D eigenvalue weighted by atomic mass is 32.2. The number of aryl methyl sites for hydroxylation is 1. The Hall–Kier alpha value is -2.54. The maximum Gasteiger partial charge on any atom is 0.250 e. The van der Waals surface area contributed by atoms with Gasteiger partial charge in [0.2, 0.25) is 15.9 Å². The molecule has 0 unspecified atom stereocenters. The van der Waals surface area contributed by atoms with Gasteiger partial charge in [0.15, 0.2) is 4.75 Å². The third-order valence-electron chi connectivity index (χ3n) is 5.32. The lowest BCUT2D eigenvalue weighted by Crippen LogP contribution is -2.42. The van der Waals surface area contributed by atoms with Crippen LogP contribution in [0.5, 0.6) is 5.75 Å². The molecule has 2 aromatic rings. The predicted molar refractivity (Wildman–Crippen MR) is 105 cm³/mol. The highest BCUT2D eigenvalue weighted by Crippen LogP contribution is 2.58. The van der Waals surface area contributed by atoms with Crippen molar-refractivity contribution < 1.29 is 17.9 Å². The molecule has 1 amide bonds. The summed E-state index contributed by atoms with van der Waals surface area (Å²) in [4.78, 5) is 12.9. The fraction of sp³-hybridized carbons (Fsp3) is 0.350. The number of nitrogens with one attached hydrogen (secondary N) is 1. The molecule has 2 atom stereocenters. The molecule has 6 nitrogen and oxygen atoms in total. The van der Waals surface area contributed by atoms with Gasteiger partial charge < -0.3 is 10.1 Å². The zero-order valence-electron chi connectivity index (χ0n) is 15.3. The molecular formula is C20H22N2O4S. The van der Waals surface area contributed by atoms with Gasteiger partial charge in [-0.25, -0.2) is 8.42 Å². The van der Waals surface area contributed by atoms with Crippen LogP contribution in [0, 0.1) is 12.8 Å². The second kappa shape index (κ2) is 6.27. The first-order chi connectivity index (χ1) is 12.9. The Bertz CT molecular complexity index is 970. The quantitative estimate of drug-likeness (QED) is 0.857. The normalized spacial score (nSPS) is 25.0. The van der Waals surface area contributed by atoms with E-state index >= 15 is 0 Å². The maximum absolute atomic E-state index is 13.2. The minimum atomic E-state index is -3.76. The summed E-state index contributed by atoms with van der Waals surface area (Å²) in [5.41, 5.74) is 2.23. The minimum absolute atomic E-state index is 0.175. The van der Waals surface area contributed by atoms with Crippen molar-refractivity contribution in [3.63, 3.8) is 0 Å². The Morgan fingerprint density at radius 2 is 1.85 bits per heavy atom. The van der Waals surface area contributed by atoms with Crippen molar-refractivity contribution in [3.8, 4) is 5.75 Å². The zero-order chi connectivity index (χ0) is 19.2. The number of benzene rings is 2. The van der Waals surface area contributed by atoms with Crippen LogP contribution in [-0.4, -0.2) is 32.2 Å². The van der Waals surface area contributed by atoms with Crippen molar-refractivity contribution in [2.24, 2.45) is 5.92 Å². The van der Waals surface area contributed by atoms with Crippen molar-refractivity contribution in [2.45, 2.75) is 25.0 Å². The molecule has 2 fully saturated rings. The molecule has 1 saturated carbocycles. The Labute approximate surface area is 159 Å². The lowest BCUT2D eigenvalue weighted by molar-refractivity contribution is -0.116. The summed E-state index contributed by atoms with van der Waals surface area (Å²) in [6, 6.07) is 14.3. The van der Waals surface area contributed by atoms with Crippen LogP contribution in [0.25, 0.3) is 0 Å². The topological polar surface area (TPSA) is 75.7 Å². The van der Waals surface area contributed by atoms with Crippen LogP contribution in [0.4, 0.5) is 11.4 Å². The first-order valence-electron chi connectivity index (χ1n) is 9.02. The predicted octanol–water partition coefficient (Wildman–Crippen LogP) is 2.94. The van der Waals surface area contributed by atoms with Gasteiger partial charge in [-0.2, -0.15) is 0 Å². The lowest BCUT2D eigenvalue weighted by atomic mass is 10.2. The minimum Gasteiger partial charge on any atom is -0.494 e. The fourth-order valence-corrected chi connectivity index (χ4v) is 6.08. The van der Waals surface area contributed by atoms with Crippen molar-refractivity contribution in [3.05, 3.63) is 54.1 Å². The Balaban J connectivity index is 1.55. The van der Waals surface area contributed by atoms with Crippen LogP contribution < -0.4 is 14.4 Å². The summed E-state index contributed by atoms with van der Waals surface area (Å²) >= 11 is 0. The van der Waals surface area contributed by atoms with Gasteiger partial charge >= 0.3 is 0 Å². The number of carbonyl (C=O) groups is 1. The van der Waals surface area contributed by atoms with Crippen LogP contribution >= 0.6 is 0 Å². The van der Waals surface area contributed by atoms with Gasteiger partial charge in [0, 0.05) is 18.2 Å². The number of sulfonamides is 1. The molecule has 4 rings (SSSR count). The summed E-state index contributed by atoms with van der Waals surface area (Å²) in [5.74, 6) is 0.0785. The maximum atomic E-state index is 13.2. The van der Waals surface area contributed by atoms with E-state index in [1.54, 1.807) is 36.4 Å². The summed E-state index contributed by atoms with van der Waals surface area (Å²) in [5, 5.41) is 2.77. The highest BCUT2D eigenvalue weighted by Gasteiger charge is 2.75. The Morgan fingerprint density at radius 3 is 2.48 bits per heavy atom. The van der Waals surface area contributed by atoms with E-state index in [1.165, 1.54) is 4.31 Å². The summed E-state index contributed by atoms with van der Waals surface area (Å²) in [6.07, 6.45) is 0.376. The number of fused-ring (bicyclic) bond motifs is 1. The van der Waals surface area contributed by atoms with E-state index in [0.29, 0.717) is 36.7 Å². The lowest BCUT2D eigenvalue weighted by Gasteiger charge is -2.23. The number of hydrogen-bond acceptors (Lipinski definition) is 4. The molecule has 1 aliphatic carbocycles. The van der Waals surface area contributed by atoms with Gasteiger partial charge in [-0.3, -0.25) is 9.10 Å². The monoisotopic (exact) mass is 386 g/mol. The number of nitrogens with zero attached hydrogens (tertiary/aromatic N) is 1. The van der Waals surface area contributed by atoms with Gasteiger partial charge in [-0.15, -0.1) is 0 Å². The fourth-order valence-electron chi connectivity index (χ4n) is 3.72.